The maximum absolute atomic E-state index is 12.5. The first kappa shape index (κ1) is 21.8. The molecule has 0 aromatic rings. The van der Waals surface area contributed by atoms with E-state index in [0.29, 0.717) is 23.0 Å². The van der Waals surface area contributed by atoms with Gasteiger partial charge in [-0.3, -0.25) is 9.59 Å². The third kappa shape index (κ3) is 3.77. The molecule has 4 aliphatic carbocycles. The minimum absolute atomic E-state index is 0.0146. The van der Waals surface area contributed by atoms with Crippen molar-refractivity contribution < 1.29 is 24.5 Å². The summed E-state index contributed by atoms with van der Waals surface area (Å²) in [6.07, 6.45) is 10.2. The number of ketones is 1. The van der Waals surface area contributed by atoms with Crippen LogP contribution in [0.25, 0.3) is 0 Å². The lowest BCUT2D eigenvalue weighted by molar-refractivity contribution is -0.160. The molecule has 0 heterocycles. The van der Waals surface area contributed by atoms with E-state index < -0.39 is 0 Å². The minimum atomic E-state index is -0.129. The van der Waals surface area contributed by atoms with Gasteiger partial charge in [-0.15, -0.1) is 0 Å². The van der Waals surface area contributed by atoms with Crippen molar-refractivity contribution in [2.24, 2.45) is 34.5 Å². The van der Waals surface area contributed by atoms with Crippen LogP contribution in [0.5, 0.6) is 0 Å². The average molecular weight is 395 g/mol. The summed E-state index contributed by atoms with van der Waals surface area (Å²) in [6.45, 7) is 6.05. The Morgan fingerprint density at radius 3 is 2.39 bits per heavy atom. The molecule has 0 aromatic heterocycles. The molecular weight excluding hydrogens is 356 g/mol. The van der Waals surface area contributed by atoms with Gasteiger partial charge in [0.05, 0.1) is 13.2 Å². The molecule has 0 radical (unpaired) electrons. The van der Waals surface area contributed by atoms with Crippen LogP contribution in [0.4, 0.5) is 0 Å². The van der Waals surface area contributed by atoms with Gasteiger partial charge in [0.2, 0.25) is 0 Å². The predicted molar refractivity (Wildman–Crippen MR) is 106 cm³/mol. The van der Waals surface area contributed by atoms with Crippen LogP contribution < -0.4 is 0 Å². The van der Waals surface area contributed by atoms with Gasteiger partial charge in [-0.1, -0.05) is 13.8 Å². The van der Waals surface area contributed by atoms with E-state index in [9.17, 15) is 9.59 Å². The van der Waals surface area contributed by atoms with Crippen LogP contribution in [0.15, 0.2) is 0 Å². The third-order valence-corrected chi connectivity index (χ3v) is 8.76. The van der Waals surface area contributed by atoms with Crippen LogP contribution >= 0.6 is 0 Å². The molecular formula is C23H38O5. The summed E-state index contributed by atoms with van der Waals surface area (Å²) in [5, 5.41) is 15.2. The minimum Gasteiger partial charge on any atom is -0.463 e. The zero-order valence-corrected chi connectivity index (χ0v) is 17.8. The molecule has 4 fully saturated rings. The highest BCUT2D eigenvalue weighted by molar-refractivity contribution is 5.87. The first-order valence-corrected chi connectivity index (χ1v) is 11.2. The predicted octanol–water partition coefficient (Wildman–Crippen LogP) is 3.50. The first-order valence-electron chi connectivity index (χ1n) is 11.2. The molecule has 0 aromatic carbocycles. The number of rotatable bonds is 2. The lowest BCUT2D eigenvalue weighted by atomic mass is 9.45. The molecule has 0 spiro atoms. The van der Waals surface area contributed by atoms with E-state index in [1.165, 1.54) is 32.6 Å². The number of aliphatic hydroxyl groups excluding tert-OH is 2. The molecule has 4 saturated carbocycles. The summed E-state index contributed by atoms with van der Waals surface area (Å²) in [6, 6.07) is 0. The number of Topliss-reactive ketones (excluding diaryl/α,β-unsaturated/α-hetero) is 1. The molecule has 0 unspecified atom stereocenters. The molecule has 160 valence electrons. The van der Waals surface area contributed by atoms with Crippen molar-refractivity contribution in [3.05, 3.63) is 0 Å². The van der Waals surface area contributed by atoms with Gasteiger partial charge in [-0.25, -0.2) is 0 Å². The van der Waals surface area contributed by atoms with Crippen molar-refractivity contribution in [2.75, 3.05) is 13.2 Å². The fraction of sp³-hybridized carbons (Fsp3) is 0.913. The van der Waals surface area contributed by atoms with Gasteiger partial charge >= 0.3 is 5.97 Å². The number of aliphatic hydroxyl groups is 2. The summed E-state index contributed by atoms with van der Waals surface area (Å²) < 4.78 is 5.54. The van der Waals surface area contributed by atoms with E-state index in [4.69, 9.17) is 14.9 Å². The molecule has 4 aliphatic rings. The lowest BCUT2D eigenvalue weighted by Crippen LogP contribution is -2.54. The SMILES string of the molecule is CC(=O)O[C@@H]1CC[C@@]2(C)[C@@H](CC[C@@H]3[C@@H]2CC[C@]2(C)C(=O)CC[C@@H]32)C1.OCCO. The van der Waals surface area contributed by atoms with E-state index in [1.807, 2.05) is 0 Å². The Morgan fingerprint density at radius 2 is 1.75 bits per heavy atom. The topological polar surface area (TPSA) is 83.8 Å². The van der Waals surface area contributed by atoms with E-state index in [2.05, 4.69) is 13.8 Å². The van der Waals surface area contributed by atoms with Crippen LogP contribution in [0.1, 0.15) is 78.6 Å². The molecule has 4 rings (SSSR count). The number of esters is 1. The Bertz CT molecular complexity index is 588. The molecule has 7 atom stereocenters. The fourth-order valence-electron chi connectivity index (χ4n) is 7.33. The highest BCUT2D eigenvalue weighted by Gasteiger charge is 2.60. The number of hydrogen-bond acceptors (Lipinski definition) is 5. The van der Waals surface area contributed by atoms with Crippen LogP contribution in [0, 0.1) is 34.5 Å². The van der Waals surface area contributed by atoms with E-state index in [0.717, 1.165) is 43.9 Å². The Morgan fingerprint density at radius 1 is 1.04 bits per heavy atom. The zero-order chi connectivity index (χ0) is 20.5. The van der Waals surface area contributed by atoms with E-state index in [-0.39, 0.29) is 30.7 Å². The Labute approximate surface area is 169 Å². The van der Waals surface area contributed by atoms with Crippen LogP contribution in [0.3, 0.4) is 0 Å². The smallest absolute Gasteiger partial charge is 0.302 e. The van der Waals surface area contributed by atoms with Gasteiger partial charge in [0.15, 0.2) is 0 Å². The second-order valence-corrected chi connectivity index (χ2v) is 10.0. The molecule has 5 heteroatoms. The van der Waals surface area contributed by atoms with Crippen molar-refractivity contribution >= 4 is 11.8 Å². The molecule has 2 N–H and O–H groups in total. The summed E-state index contributed by atoms with van der Waals surface area (Å²) in [4.78, 5) is 23.8. The standard InChI is InChI=1S/C21H32O3.C2H6O2/c1-13(22)24-15-8-10-20(2)14(12-15)4-5-16-17-6-7-19(23)21(17,3)11-9-18(16)20;3-1-2-4/h14-18H,4-12H2,1-3H3;3-4H,1-2H2/t14-,15+,16-,17-,18-,20-,21-;/m0./s1. The summed E-state index contributed by atoms with van der Waals surface area (Å²) in [5.41, 5.74) is 0.381. The summed E-state index contributed by atoms with van der Waals surface area (Å²) in [5.74, 6) is 3.26. The monoisotopic (exact) mass is 394 g/mol. The number of hydrogen-bond donors (Lipinski definition) is 2. The molecule has 28 heavy (non-hydrogen) atoms. The number of carbonyl (C=O) groups is 2. The number of fused-ring (bicyclic) bond motifs is 5. The van der Waals surface area contributed by atoms with Crippen LogP contribution in [-0.2, 0) is 14.3 Å². The Balaban J connectivity index is 0.000000516. The molecule has 0 saturated heterocycles. The Hall–Kier alpha value is -0.940. The van der Waals surface area contributed by atoms with Gasteiger partial charge < -0.3 is 14.9 Å². The van der Waals surface area contributed by atoms with Crippen LogP contribution in [-0.4, -0.2) is 41.3 Å². The molecule has 0 amide bonds. The van der Waals surface area contributed by atoms with Crippen molar-refractivity contribution in [1.29, 1.82) is 0 Å². The largest absolute Gasteiger partial charge is 0.463 e. The van der Waals surface area contributed by atoms with Gasteiger partial charge in [-0.05, 0) is 80.5 Å². The van der Waals surface area contributed by atoms with Crippen molar-refractivity contribution in [3.63, 3.8) is 0 Å². The highest BCUT2D eigenvalue weighted by atomic mass is 16.5. The van der Waals surface area contributed by atoms with E-state index in [1.54, 1.807) is 0 Å². The van der Waals surface area contributed by atoms with Crippen molar-refractivity contribution in [2.45, 2.75) is 84.7 Å². The number of ether oxygens (including phenoxy) is 1. The van der Waals surface area contributed by atoms with Gasteiger partial charge in [0.25, 0.3) is 0 Å². The fourth-order valence-corrected chi connectivity index (χ4v) is 7.33. The van der Waals surface area contributed by atoms with E-state index >= 15 is 0 Å². The van der Waals surface area contributed by atoms with Crippen molar-refractivity contribution in [3.8, 4) is 0 Å². The quantitative estimate of drug-likeness (QED) is 0.700. The van der Waals surface area contributed by atoms with Gasteiger partial charge in [-0.2, -0.15) is 0 Å². The normalized spacial score (nSPS) is 44.5. The second-order valence-electron chi connectivity index (χ2n) is 10.0. The van der Waals surface area contributed by atoms with Crippen LogP contribution in [0.2, 0.25) is 0 Å². The lowest BCUT2D eigenvalue weighted by Gasteiger charge is -2.60. The third-order valence-electron chi connectivity index (χ3n) is 8.76. The molecule has 0 bridgehead atoms. The zero-order valence-electron chi connectivity index (χ0n) is 17.8. The summed E-state index contributed by atoms with van der Waals surface area (Å²) in [7, 11) is 0. The van der Waals surface area contributed by atoms with Gasteiger partial charge in [0, 0.05) is 18.8 Å². The molecule has 0 aliphatic heterocycles. The maximum Gasteiger partial charge on any atom is 0.302 e. The molecule has 5 nitrogen and oxygen atoms in total. The maximum atomic E-state index is 12.5. The Kier molecular flexibility index (Phi) is 6.55. The highest BCUT2D eigenvalue weighted by Crippen LogP contribution is 2.65. The number of carbonyl (C=O) groups excluding carboxylic acids is 2. The summed E-state index contributed by atoms with van der Waals surface area (Å²) >= 11 is 0. The van der Waals surface area contributed by atoms with Gasteiger partial charge in [0.1, 0.15) is 11.9 Å². The first-order chi connectivity index (χ1) is 13.3. The average Bonchev–Trinajstić information content (AvgIpc) is 2.97. The second kappa shape index (κ2) is 8.43. The van der Waals surface area contributed by atoms with Crippen molar-refractivity contribution in [1.82, 2.24) is 0 Å².